The minimum atomic E-state index is -0.365. The first-order valence-corrected chi connectivity index (χ1v) is 5.87. The number of piperidine rings is 1. The van der Waals surface area contributed by atoms with Gasteiger partial charge in [-0.25, -0.2) is 4.39 Å². The number of rotatable bonds is 1. The number of nitrogens with zero attached hydrogens (tertiary/aromatic N) is 2. The Morgan fingerprint density at radius 2 is 2.06 bits per heavy atom. The van der Waals surface area contributed by atoms with Crippen molar-refractivity contribution in [2.75, 3.05) is 13.1 Å². The molecule has 2 rings (SSSR count). The second-order valence-electron chi connectivity index (χ2n) is 4.42. The van der Waals surface area contributed by atoms with Crippen molar-refractivity contribution in [1.29, 1.82) is 0 Å². The van der Waals surface area contributed by atoms with E-state index in [0.29, 0.717) is 42.8 Å². The molecular weight excluding hydrogens is 235 g/mol. The average molecular weight is 250 g/mol. The lowest BCUT2D eigenvalue weighted by Crippen LogP contribution is -2.38. The Morgan fingerprint density at radius 1 is 1.39 bits per heavy atom. The largest absolute Gasteiger partial charge is 0.411 e. The fraction of sp³-hybridized carbons (Fsp3) is 0.385. The molecule has 1 saturated heterocycles. The molecule has 1 aromatic rings. The van der Waals surface area contributed by atoms with Gasteiger partial charge in [-0.05, 0) is 24.6 Å². The van der Waals surface area contributed by atoms with Gasteiger partial charge in [-0.15, -0.1) is 0 Å². The van der Waals surface area contributed by atoms with Crippen molar-refractivity contribution in [1.82, 2.24) is 4.90 Å². The number of halogens is 1. The van der Waals surface area contributed by atoms with Gasteiger partial charge in [0.15, 0.2) is 0 Å². The van der Waals surface area contributed by atoms with Gasteiger partial charge in [0.05, 0.1) is 5.71 Å². The Balaban J connectivity index is 2.10. The fourth-order valence-electron chi connectivity index (χ4n) is 1.98. The van der Waals surface area contributed by atoms with E-state index in [1.807, 2.05) is 0 Å². The topological polar surface area (TPSA) is 52.9 Å². The standard InChI is InChI=1S/C13H15FN2O2/c1-9-2-3-10(8-12(9)14)13(17)16-6-4-11(15-18)5-7-16/h2-3,8,18H,4-7H2,1H3. The molecule has 1 N–H and O–H groups in total. The molecule has 1 aliphatic heterocycles. The first-order chi connectivity index (χ1) is 8.61. The maximum absolute atomic E-state index is 13.4. The predicted octanol–water partition coefficient (Wildman–Crippen LogP) is 2.20. The maximum Gasteiger partial charge on any atom is 0.253 e. The second-order valence-corrected chi connectivity index (χ2v) is 4.42. The molecule has 1 amide bonds. The van der Waals surface area contributed by atoms with E-state index in [2.05, 4.69) is 5.16 Å². The molecule has 4 nitrogen and oxygen atoms in total. The van der Waals surface area contributed by atoms with Crippen molar-refractivity contribution in [2.24, 2.45) is 5.16 Å². The van der Waals surface area contributed by atoms with Crippen LogP contribution in [0.5, 0.6) is 0 Å². The summed E-state index contributed by atoms with van der Waals surface area (Å²) < 4.78 is 13.4. The van der Waals surface area contributed by atoms with Crippen LogP contribution in [0.3, 0.4) is 0 Å². The summed E-state index contributed by atoms with van der Waals surface area (Å²) in [5.74, 6) is -0.540. The van der Waals surface area contributed by atoms with Crippen molar-refractivity contribution < 1.29 is 14.4 Å². The molecule has 96 valence electrons. The molecule has 18 heavy (non-hydrogen) atoms. The number of hydrogen-bond donors (Lipinski definition) is 1. The number of benzene rings is 1. The third-order valence-electron chi connectivity index (χ3n) is 3.19. The summed E-state index contributed by atoms with van der Waals surface area (Å²) in [4.78, 5) is 13.8. The van der Waals surface area contributed by atoms with E-state index in [9.17, 15) is 9.18 Å². The zero-order chi connectivity index (χ0) is 13.1. The highest BCUT2D eigenvalue weighted by atomic mass is 19.1. The molecule has 1 aliphatic rings. The summed E-state index contributed by atoms with van der Waals surface area (Å²) in [7, 11) is 0. The normalized spacial score (nSPS) is 15.7. The zero-order valence-electron chi connectivity index (χ0n) is 10.2. The van der Waals surface area contributed by atoms with Crippen LogP contribution in [0.25, 0.3) is 0 Å². The van der Waals surface area contributed by atoms with E-state index < -0.39 is 0 Å². The monoisotopic (exact) mass is 250 g/mol. The summed E-state index contributed by atoms with van der Waals surface area (Å²) in [6.45, 7) is 2.68. The Morgan fingerprint density at radius 3 is 2.61 bits per heavy atom. The first-order valence-electron chi connectivity index (χ1n) is 5.87. The van der Waals surface area contributed by atoms with Gasteiger partial charge in [-0.3, -0.25) is 4.79 Å². The van der Waals surface area contributed by atoms with Crippen LogP contribution in [-0.4, -0.2) is 34.8 Å². The minimum Gasteiger partial charge on any atom is -0.411 e. The highest BCUT2D eigenvalue weighted by molar-refractivity contribution is 5.96. The summed E-state index contributed by atoms with van der Waals surface area (Å²) in [5, 5.41) is 11.8. The van der Waals surface area contributed by atoms with Gasteiger partial charge in [0, 0.05) is 31.5 Å². The van der Waals surface area contributed by atoms with E-state index in [1.54, 1.807) is 24.0 Å². The van der Waals surface area contributed by atoms with Crippen LogP contribution in [0.2, 0.25) is 0 Å². The van der Waals surface area contributed by atoms with Crippen LogP contribution in [0.15, 0.2) is 23.4 Å². The van der Waals surface area contributed by atoms with Gasteiger partial charge >= 0.3 is 0 Å². The lowest BCUT2D eigenvalue weighted by atomic mass is 10.1. The fourth-order valence-corrected chi connectivity index (χ4v) is 1.98. The Labute approximate surface area is 105 Å². The lowest BCUT2D eigenvalue weighted by molar-refractivity contribution is 0.0753. The summed E-state index contributed by atoms with van der Waals surface area (Å²) >= 11 is 0. The van der Waals surface area contributed by atoms with Gasteiger partial charge in [-0.2, -0.15) is 0 Å². The van der Waals surface area contributed by atoms with Crippen molar-refractivity contribution in [3.63, 3.8) is 0 Å². The van der Waals surface area contributed by atoms with Gasteiger partial charge in [-0.1, -0.05) is 11.2 Å². The molecule has 1 aromatic carbocycles. The number of oxime groups is 1. The van der Waals surface area contributed by atoms with Gasteiger partial charge < -0.3 is 10.1 Å². The molecule has 0 aliphatic carbocycles. The van der Waals surface area contributed by atoms with Crippen LogP contribution in [0.1, 0.15) is 28.8 Å². The van der Waals surface area contributed by atoms with E-state index in [-0.39, 0.29) is 11.7 Å². The third-order valence-corrected chi connectivity index (χ3v) is 3.19. The molecule has 5 heteroatoms. The van der Waals surface area contributed by atoms with Crippen LogP contribution in [0, 0.1) is 12.7 Å². The SMILES string of the molecule is Cc1ccc(C(=O)N2CCC(=NO)CC2)cc1F. The summed E-state index contributed by atoms with van der Waals surface area (Å²) in [5.41, 5.74) is 1.59. The van der Waals surface area contributed by atoms with Gasteiger partial charge in [0.2, 0.25) is 0 Å². The molecule has 0 atom stereocenters. The van der Waals surface area contributed by atoms with Crippen molar-refractivity contribution >= 4 is 11.6 Å². The number of amides is 1. The molecule has 0 aromatic heterocycles. The highest BCUT2D eigenvalue weighted by Gasteiger charge is 2.21. The molecule has 0 radical (unpaired) electrons. The minimum absolute atomic E-state index is 0.175. The maximum atomic E-state index is 13.4. The lowest BCUT2D eigenvalue weighted by Gasteiger charge is -2.27. The Kier molecular flexibility index (Phi) is 3.60. The molecular formula is C13H15FN2O2. The quantitative estimate of drug-likeness (QED) is 0.613. The number of carbonyl (C=O) groups is 1. The Hall–Kier alpha value is -1.91. The van der Waals surface area contributed by atoms with Crippen molar-refractivity contribution in [3.8, 4) is 0 Å². The number of aryl methyl sites for hydroxylation is 1. The van der Waals surface area contributed by atoms with Gasteiger partial charge in [0.25, 0.3) is 5.91 Å². The van der Waals surface area contributed by atoms with E-state index >= 15 is 0 Å². The number of hydrogen-bond acceptors (Lipinski definition) is 3. The van der Waals surface area contributed by atoms with Crippen LogP contribution in [0.4, 0.5) is 4.39 Å². The zero-order valence-corrected chi connectivity index (χ0v) is 10.2. The third kappa shape index (κ3) is 2.50. The van der Waals surface area contributed by atoms with Crippen LogP contribution < -0.4 is 0 Å². The molecule has 0 unspecified atom stereocenters. The molecule has 0 spiro atoms. The van der Waals surface area contributed by atoms with Crippen LogP contribution >= 0.6 is 0 Å². The highest BCUT2D eigenvalue weighted by Crippen LogP contribution is 2.14. The van der Waals surface area contributed by atoms with Crippen molar-refractivity contribution in [2.45, 2.75) is 19.8 Å². The predicted molar refractivity (Wildman–Crippen MR) is 65.5 cm³/mol. The second kappa shape index (κ2) is 5.16. The number of likely N-dealkylation sites (tertiary alicyclic amines) is 1. The smallest absolute Gasteiger partial charge is 0.253 e. The van der Waals surface area contributed by atoms with E-state index in [1.165, 1.54) is 6.07 Å². The summed E-state index contributed by atoms with van der Waals surface area (Å²) in [6.07, 6.45) is 1.13. The van der Waals surface area contributed by atoms with E-state index in [0.717, 1.165) is 0 Å². The summed E-state index contributed by atoms with van der Waals surface area (Å²) in [6, 6.07) is 4.51. The Bertz CT molecular complexity index is 490. The average Bonchev–Trinajstić information content (AvgIpc) is 2.41. The first kappa shape index (κ1) is 12.5. The van der Waals surface area contributed by atoms with Crippen molar-refractivity contribution in [3.05, 3.63) is 35.1 Å². The molecule has 0 saturated carbocycles. The van der Waals surface area contributed by atoms with E-state index in [4.69, 9.17) is 5.21 Å². The van der Waals surface area contributed by atoms with Crippen LogP contribution in [-0.2, 0) is 0 Å². The van der Waals surface area contributed by atoms with Gasteiger partial charge in [0.1, 0.15) is 5.82 Å². The molecule has 1 heterocycles. The molecule has 0 bridgehead atoms. The number of carbonyl (C=O) groups excluding carboxylic acids is 1. The molecule has 1 fully saturated rings.